The molecular weight excluding hydrogens is 262 g/mol. The lowest BCUT2D eigenvalue weighted by Crippen LogP contribution is -2.43. The molecule has 0 amide bonds. The monoisotopic (exact) mass is 279 g/mol. The van der Waals surface area contributed by atoms with Gasteiger partial charge in [-0.25, -0.2) is 0 Å². The van der Waals surface area contributed by atoms with E-state index in [1.165, 1.54) is 0 Å². The molecule has 0 saturated carbocycles. The van der Waals surface area contributed by atoms with Gasteiger partial charge in [-0.2, -0.15) is 5.26 Å². The third-order valence-electron chi connectivity index (χ3n) is 3.13. The van der Waals surface area contributed by atoms with Crippen molar-refractivity contribution in [3.8, 4) is 6.07 Å². The van der Waals surface area contributed by atoms with E-state index in [2.05, 4.69) is 23.6 Å². The molecule has 2 N–H and O–H groups in total. The highest BCUT2D eigenvalue weighted by Crippen LogP contribution is 2.24. The molecule has 4 nitrogen and oxygen atoms in total. The van der Waals surface area contributed by atoms with E-state index in [0.717, 1.165) is 31.9 Å². The lowest BCUT2D eigenvalue weighted by atomic mass is 10.1. The second-order valence-corrected chi connectivity index (χ2v) is 5.22. The SMILES string of the molecule is CC(CC1COCCN1)Nc1cc(C#N)ccc1Cl. The van der Waals surface area contributed by atoms with Crippen LogP contribution in [0.25, 0.3) is 0 Å². The predicted molar refractivity (Wildman–Crippen MR) is 76.5 cm³/mol. The summed E-state index contributed by atoms with van der Waals surface area (Å²) in [6.45, 7) is 4.54. The first-order valence-corrected chi connectivity index (χ1v) is 6.84. The van der Waals surface area contributed by atoms with Gasteiger partial charge in [-0.05, 0) is 31.5 Å². The number of hydrogen-bond acceptors (Lipinski definition) is 4. The van der Waals surface area contributed by atoms with Crippen LogP contribution in [0.2, 0.25) is 5.02 Å². The van der Waals surface area contributed by atoms with Crippen LogP contribution < -0.4 is 10.6 Å². The maximum atomic E-state index is 8.90. The van der Waals surface area contributed by atoms with Gasteiger partial charge in [0.15, 0.2) is 0 Å². The number of rotatable bonds is 4. The van der Waals surface area contributed by atoms with Gasteiger partial charge in [-0.3, -0.25) is 0 Å². The van der Waals surface area contributed by atoms with Crippen LogP contribution in [0.1, 0.15) is 18.9 Å². The Morgan fingerprint density at radius 2 is 2.47 bits per heavy atom. The van der Waals surface area contributed by atoms with Gasteiger partial charge >= 0.3 is 0 Å². The molecule has 0 aliphatic carbocycles. The van der Waals surface area contributed by atoms with Crippen molar-refractivity contribution in [1.82, 2.24) is 5.32 Å². The Morgan fingerprint density at radius 3 is 3.16 bits per heavy atom. The quantitative estimate of drug-likeness (QED) is 0.889. The van der Waals surface area contributed by atoms with Gasteiger partial charge in [0.25, 0.3) is 0 Å². The Kier molecular flexibility index (Phi) is 5.03. The zero-order valence-electron chi connectivity index (χ0n) is 10.9. The summed E-state index contributed by atoms with van der Waals surface area (Å²) in [5.41, 5.74) is 1.42. The number of nitrogens with zero attached hydrogens (tertiary/aromatic N) is 1. The van der Waals surface area contributed by atoms with Crippen molar-refractivity contribution in [2.24, 2.45) is 0 Å². The summed E-state index contributed by atoms with van der Waals surface area (Å²) in [5.74, 6) is 0. The normalized spacial score (nSPS) is 20.6. The lowest BCUT2D eigenvalue weighted by Gasteiger charge is -2.27. The molecule has 1 saturated heterocycles. The second-order valence-electron chi connectivity index (χ2n) is 4.81. The number of hydrogen-bond donors (Lipinski definition) is 2. The summed E-state index contributed by atoms with van der Waals surface area (Å²) in [5, 5.41) is 16.3. The van der Waals surface area contributed by atoms with E-state index in [1.807, 2.05) is 0 Å². The van der Waals surface area contributed by atoms with Gasteiger partial charge in [0.1, 0.15) is 0 Å². The fourth-order valence-electron chi connectivity index (χ4n) is 2.23. The van der Waals surface area contributed by atoms with E-state index in [0.29, 0.717) is 16.6 Å². The number of ether oxygens (including phenoxy) is 1. The van der Waals surface area contributed by atoms with Crippen molar-refractivity contribution in [1.29, 1.82) is 5.26 Å². The van der Waals surface area contributed by atoms with Crippen LogP contribution in [0.3, 0.4) is 0 Å². The molecular formula is C14H18ClN3O. The van der Waals surface area contributed by atoms with Gasteiger partial charge < -0.3 is 15.4 Å². The van der Waals surface area contributed by atoms with Crippen molar-refractivity contribution in [3.63, 3.8) is 0 Å². The minimum absolute atomic E-state index is 0.255. The molecule has 102 valence electrons. The van der Waals surface area contributed by atoms with Crippen LogP contribution in [0.5, 0.6) is 0 Å². The Bertz CT molecular complexity index is 466. The van der Waals surface area contributed by atoms with Crippen molar-refractivity contribution in [2.45, 2.75) is 25.4 Å². The molecule has 2 rings (SSSR count). The maximum absolute atomic E-state index is 8.90. The van der Waals surface area contributed by atoms with Gasteiger partial charge in [0.2, 0.25) is 0 Å². The number of halogens is 1. The zero-order chi connectivity index (χ0) is 13.7. The molecule has 0 radical (unpaired) electrons. The third-order valence-corrected chi connectivity index (χ3v) is 3.46. The fourth-order valence-corrected chi connectivity index (χ4v) is 2.40. The van der Waals surface area contributed by atoms with Gasteiger partial charge in [0.05, 0.1) is 35.6 Å². The Labute approximate surface area is 118 Å². The van der Waals surface area contributed by atoms with E-state index >= 15 is 0 Å². The molecule has 1 aliphatic rings. The van der Waals surface area contributed by atoms with Gasteiger partial charge in [-0.15, -0.1) is 0 Å². The zero-order valence-corrected chi connectivity index (χ0v) is 11.7. The highest BCUT2D eigenvalue weighted by Gasteiger charge is 2.16. The summed E-state index contributed by atoms with van der Waals surface area (Å²) in [7, 11) is 0. The molecule has 2 atom stereocenters. The molecule has 2 unspecified atom stereocenters. The van der Waals surface area contributed by atoms with Crippen molar-refractivity contribution in [2.75, 3.05) is 25.1 Å². The maximum Gasteiger partial charge on any atom is 0.0992 e. The number of anilines is 1. The van der Waals surface area contributed by atoms with Crippen molar-refractivity contribution >= 4 is 17.3 Å². The van der Waals surface area contributed by atoms with E-state index in [1.54, 1.807) is 18.2 Å². The largest absolute Gasteiger partial charge is 0.381 e. The highest BCUT2D eigenvalue weighted by molar-refractivity contribution is 6.33. The Morgan fingerprint density at radius 1 is 1.63 bits per heavy atom. The summed E-state index contributed by atoms with van der Waals surface area (Å²) >= 11 is 6.13. The molecule has 1 aromatic rings. The summed E-state index contributed by atoms with van der Waals surface area (Å²) in [6.07, 6.45) is 0.951. The molecule has 19 heavy (non-hydrogen) atoms. The smallest absolute Gasteiger partial charge is 0.0992 e. The van der Waals surface area contributed by atoms with Gasteiger partial charge in [0, 0.05) is 18.6 Å². The molecule has 1 heterocycles. The topological polar surface area (TPSA) is 57.1 Å². The van der Waals surface area contributed by atoms with Crippen LogP contribution in [0.15, 0.2) is 18.2 Å². The third kappa shape index (κ3) is 4.10. The first-order valence-electron chi connectivity index (χ1n) is 6.46. The van der Waals surface area contributed by atoms with Crippen LogP contribution in [-0.2, 0) is 4.74 Å². The second kappa shape index (κ2) is 6.76. The van der Waals surface area contributed by atoms with Crippen molar-refractivity contribution in [3.05, 3.63) is 28.8 Å². The minimum atomic E-state index is 0.255. The number of benzene rings is 1. The van der Waals surface area contributed by atoms with E-state index in [4.69, 9.17) is 21.6 Å². The highest BCUT2D eigenvalue weighted by atomic mass is 35.5. The summed E-state index contributed by atoms with van der Waals surface area (Å²) in [6, 6.07) is 7.99. The van der Waals surface area contributed by atoms with E-state index < -0.39 is 0 Å². The average molecular weight is 280 g/mol. The number of morpholine rings is 1. The molecule has 0 aromatic heterocycles. The van der Waals surface area contributed by atoms with Crippen LogP contribution >= 0.6 is 11.6 Å². The fraction of sp³-hybridized carbons (Fsp3) is 0.500. The molecule has 1 aliphatic heterocycles. The first kappa shape index (κ1) is 14.1. The molecule has 1 aromatic carbocycles. The van der Waals surface area contributed by atoms with Crippen LogP contribution in [0, 0.1) is 11.3 Å². The van der Waals surface area contributed by atoms with Crippen LogP contribution in [-0.4, -0.2) is 31.8 Å². The molecule has 5 heteroatoms. The Hall–Kier alpha value is -1.28. The van der Waals surface area contributed by atoms with Gasteiger partial charge in [-0.1, -0.05) is 11.6 Å². The minimum Gasteiger partial charge on any atom is -0.381 e. The summed E-state index contributed by atoms with van der Waals surface area (Å²) in [4.78, 5) is 0. The first-order chi connectivity index (χ1) is 9.19. The average Bonchev–Trinajstić information content (AvgIpc) is 2.42. The molecule has 1 fully saturated rings. The lowest BCUT2D eigenvalue weighted by molar-refractivity contribution is 0.0731. The number of nitrogens with one attached hydrogen (secondary N) is 2. The van der Waals surface area contributed by atoms with E-state index in [-0.39, 0.29) is 6.04 Å². The van der Waals surface area contributed by atoms with E-state index in [9.17, 15) is 0 Å². The summed E-state index contributed by atoms with van der Waals surface area (Å²) < 4.78 is 5.43. The molecule has 0 bridgehead atoms. The Balaban J connectivity index is 1.94. The predicted octanol–water partition coefficient (Wildman–Crippen LogP) is 2.39. The standard InChI is InChI=1S/C14H18ClN3O/c1-10(6-12-9-19-5-4-17-12)18-14-7-11(8-16)2-3-13(14)15/h2-3,7,10,12,17-18H,4-6,9H2,1H3. The van der Waals surface area contributed by atoms with Crippen molar-refractivity contribution < 1.29 is 4.74 Å². The molecule has 0 spiro atoms. The van der Waals surface area contributed by atoms with Crippen LogP contribution in [0.4, 0.5) is 5.69 Å². The number of nitriles is 1.